The van der Waals surface area contributed by atoms with E-state index in [0.29, 0.717) is 11.1 Å². The highest BCUT2D eigenvalue weighted by Crippen LogP contribution is 2.29. The fourth-order valence-corrected chi connectivity index (χ4v) is 2.41. The summed E-state index contributed by atoms with van der Waals surface area (Å²) in [6.45, 7) is 1.82. The van der Waals surface area contributed by atoms with E-state index in [1.54, 1.807) is 12.4 Å². The summed E-state index contributed by atoms with van der Waals surface area (Å²) in [6, 6.07) is 4.07. The molecule has 0 radical (unpaired) electrons. The Morgan fingerprint density at radius 2 is 2.29 bits per heavy atom. The van der Waals surface area contributed by atoms with Gasteiger partial charge in [-0.3, -0.25) is 0 Å². The molecule has 2 aromatic heterocycles. The lowest BCUT2D eigenvalue weighted by Crippen LogP contribution is -2.22. The summed E-state index contributed by atoms with van der Waals surface area (Å²) in [7, 11) is 0. The van der Waals surface area contributed by atoms with E-state index in [4.69, 9.17) is 11.6 Å². The molecule has 0 spiro atoms. The molecule has 17 heavy (non-hydrogen) atoms. The number of pyridine rings is 1. The third-order valence-corrected chi connectivity index (χ3v) is 3.31. The summed E-state index contributed by atoms with van der Waals surface area (Å²) < 4.78 is 1.90. The van der Waals surface area contributed by atoms with E-state index >= 15 is 0 Å². The zero-order valence-corrected chi connectivity index (χ0v) is 9.96. The van der Waals surface area contributed by atoms with E-state index in [9.17, 15) is 0 Å². The van der Waals surface area contributed by atoms with Crippen molar-refractivity contribution in [2.24, 2.45) is 0 Å². The van der Waals surface area contributed by atoms with Crippen LogP contribution in [0.25, 0.3) is 0 Å². The number of rotatable bonds is 2. The Hall–Kier alpha value is -1.62. The van der Waals surface area contributed by atoms with Gasteiger partial charge in [-0.05, 0) is 18.6 Å². The molecule has 1 atom stereocenters. The first-order chi connectivity index (χ1) is 8.34. The Labute approximate surface area is 104 Å². The van der Waals surface area contributed by atoms with Gasteiger partial charge < -0.3 is 4.90 Å². The van der Waals surface area contributed by atoms with Gasteiger partial charge >= 0.3 is 0 Å². The van der Waals surface area contributed by atoms with Crippen LogP contribution in [-0.4, -0.2) is 33.1 Å². The molecule has 2 aromatic rings. The first-order valence-electron chi connectivity index (χ1n) is 5.56. The molecule has 0 aliphatic carbocycles. The summed E-state index contributed by atoms with van der Waals surface area (Å²) in [6.07, 6.45) is 6.41. The van der Waals surface area contributed by atoms with Gasteiger partial charge in [0.05, 0.1) is 17.3 Å². The number of hydrogen-bond acceptors (Lipinski definition) is 4. The van der Waals surface area contributed by atoms with Gasteiger partial charge in [0.15, 0.2) is 0 Å². The topological polar surface area (TPSA) is 46.8 Å². The molecular formula is C11H12ClN5. The third-order valence-electron chi connectivity index (χ3n) is 3.02. The highest BCUT2D eigenvalue weighted by atomic mass is 35.5. The molecule has 1 aliphatic rings. The van der Waals surface area contributed by atoms with Gasteiger partial charge in [0.2, 0.25) is 0 Å². The van der Waals surface area contributed by atoms with Crippen LogP contribution in [-0.2, 0) is 0 Å². The molecule has 0 N–H and O–H groups in total. The molecule has 3 heterocycles. The average molecular weight is 250 g/mol. The maximum atomic E-state index is 6.14. The number of anilines is 1. The molecule has 1 aliphatic heterocycles. The third kappa shape index (κ3) is 1.98. The minimum Gasteiger partial charge on any atom is -0.353 e. The lowest BCUT2D eigenvalue weighted by Gasteiger charge is -2.18. The first-order valence-corrected chi connectivity index (χ1v) is 5.93. The minimum atomic E-state index is 0.357. The van der Waals surface area contributed by atoms with Crippen LogP contribution in [0.2, 0.25) is 5.02 Å². The smallest absolute Gasteiger partial charge is 0.147 e. The Morgan fingerprint density at radius 1 is 1.35 bits per heavy atom. The van der Waals surface area contributed by atoms with Crippen molar-refractivity contribution in [3.63, 3.8) is 0 Å². The highest BCUT2D eigenvalue weighted by molar-refractivity contribution is 6.32. The van der Waals surface area contributed by atoms with E-state index < -0.39 is 0 Å². The molecular weight excluding hydrogens is 238 g/mol. The lowest BCUT2D eigenvalue weighted by atomic mass is 10.3. The second kappa shape index (κ2) is 4.33. The Bertz CT molecular complexity index is 498. The van der Waals surface area contributed by atoms with Crippen LogP contribution < -0.4 is 4.90 Å². The van der Waals surface area contributed by atoms with Crippen LogP contribution in [0.4, 0.5) is 5.82 Å². The molecule has 88 valence electrons. The Kier molecular flexibility index (Phi) is 2.68. The predicted octanol–water partition coefficient (Wildman–Crippen LogP) is 1.78. The van der Waals surface area contributed by atoms with E-state index in [-0.39, 0.29) is 0 Å². The van der Waals surface area contributed by atoms with Crippen molar-refractivity contribution in [3.8, 4) is 0 Å². The number of aromatic nitrogens is 4. The maximum Gasteiger partial charge on any atom is 0.147 e. The summed E-state index contributed by atoms with van der Waals surface area (Å²) in [5.41, 5.74) is 0. The van der Waals surface area contributed by atoms with Crippen LogP contribution in [0.15, 0.2) is 30.7 Å². The molecule has 3 rings (SSSR count). The van der Waals surface area contributed by atoms with E-state index in [1.165, 1.54) is 0 Å². The fraction of sp³-hybridized carbons (Fsp3) is 0.364. The molecule has 0 saturated carbocycles. The van der Waals surface area contributed by atoms with Crippen molar-refractivity contribution < 1.29 is 0 Å². The van der Waals surface area contributed by atoms with Crippen molar-refractivity contribution in [2.45, 2.75) is 12.5 Å². The molecule has 0 amide bonds. The molecule has 0 aromatic carbocycles. The normalized spacial score (nSPS) is 19.8. The van der Waals surface area contributed by atoms with Gasteiger partial charge in [0, 0.05) is 25.5 Å². The second-order valence-electron chi connectivity index (χ2n) is 4.08. The molecule has 1 fully saturated rings. The number of hydrogen-bond donors (Lipinski definition) is 0. The van der Waals surface area contributed by atoms with Crippen LogP contribution >= 0.6 is 11.6 Å². The van der Waals surface area contributed by atoms with Crippen molar-refractivity contribution in [1.29, 1.82) is 0 Å². The fourth-order valence-electron chi connectivity index (χ4n) is 2.17. The van der Waals surface area contributed by atoms with Crippen LogP contribution in [0.1, 0.15) is 12.5 Å². The molecule has 0 bridgehead atoms. The second-order valence-corrected chi connectivity index (χ2v) is 4.49. The van der Waals surface area contributed by atoms with Crippen LogP contribution in [0.3, 0.4) is 0 Å². The predicted molar refractivity (Wildman–Crippen MR) is 65.1 cm³/mol. The van der Waals surface area contributed by atoms with E-state index in [2.05, 4.69) is 20.2 Å². The molecule has 6 heteroatoms. The van der Waals surface area contributed by atoms with Crippen molar-refractivity contribution in [3.05, 3.63) is 35.7 Å². The van der Waals surface area contributed by atoms with Crippen LogP contribution in [0.5, 0.6) is 0 Å². The minimum absolute atomic E-state index is 0.357. The largest absolute Gasteiger partial charge is 0.353 e. The SMILES string of the molecule is Clc1cccnc1N1CC[C@H](n2ccnn2)C1. The highest BCUT2D eigenvalue weighted by Gasteiger charge is 2.26. The maximum absolute atomic E-state index is 6.14. The molecule has 1 saturated heterocycles. The molecule has 5 nitrogen and oxygen atoms in total. The van der Waals surface area contributed by atoms with Gasteiger partial charge in [-0.1, -0.05) is 16.8 Å². The summed E-state index contributed by atoms with van der Waals surface area (Å²) in [5, 5.41) is 8.57. The summed E-state index contributed by atoms with van der Waals surface area (Å²) >= 11 is 6.14. The standard InChI is InChI=1S/C11H12ClN5/c12-10-2-1-4-13-11(10)16-6-3-9(8-16)17-7-5-14-15-17/h1-2,4-5,7,9H,3,6,8H2/t9-/m0/s1. The Balaban J connectivity index is 1.79. The zero-order chi connectivity index (χ0) is 11.7. The van der Waals surface area contributed by atoms with Gasteiger partial charge in [-0.15, -0.1) is 5.10 Å². The van der Waals surface area contributed by atoms with Crippen molar-refractivity contribution in [1.82, 2.24) is 20.0 Å². The van der Waals surface area contributed by atoms with Gasteiger partial charge in [0.25, 0.3) is 0 Å². The van der Waals surface area contributed by atoms with Gasteiger partial charge in [-0.2, -0.15) is 0 Å². The quantitative estimate of drug-likeness (QED) is 0.814. The zero-order valence-electron chi connectivity index (χ0n) is 9.20. The van der Waals surface area contributed by atoms with Gasteiger partial charge in [-0.25, -0.2) is 9.67 Å². The molecule has 0 unspecified atom stereocenters. The van der Waals surface area contributed by atoms with Crippen molar-refractivity contribution >= 4 is 17.4 Å². The average Bonchev–Trinajstić information content (AvgIpc) is 3.00. The van der Waals surface area contributed by atoms with E-state index in [0.717, 1.165) is 25.3 Å². The number of nitrogens with zero attached hydrogens (tertiary/aromatic N) is 5. The lowest BCUT2D eigenvalue weighted by molar-refractivity contribution is 0.479. The summed E-state index contributed by atoms with van der Waals surface area (Å²) in [5.74, 6) is 0.858. The van der Waals surface area contributed by atoms with Crippen molar-refractivity contribution in [2.75, 3.05) is 18.0 Å². The monoisotopic (exact) mass is 249 g/mol. The van der Waals surface area contributed by atoms with Crippen LogP contribution in [0, 0.1) is 0 Å². The first kappa shape index (κ1) is 10.5. The Morgan fingerprint density at radius 3 is 3.06 bits per heavy atom. The van der Waals surface area contributed by atoms with Gasteiger partial charge in [0.1, 0.15) is 5.82 Å². The summed E-state index contributed by atoms with van der Waals surface area (Å²) in [4.78, 5) is 6.51. The van der Waals surface area contributed by atoms with E-state index in [1.807, 2.05) is 23.0 Å². The number of halogens is 1.